The summed E-state index contributed by atoms with van der Waals surface area (Å²) in [5.41, 5.74) is 2.72. The Morgan fingerprint density at radius 3 is 2.48 bits per heavy atom. The molecule has 0 unspecified atom stereocenters. The zero-order valence-corrected chi connectivity index (χ0v) is 18.7. The van der Waals surface area contributed by atoms with Gasteiger partial charge in [0.1, 0.15) is 24.8 Å². The maximum absolute atomic E-state index is 12.0. The molecule has 2 aromatic rings. The molecule has 0 radical (unpaired) electrons. The highest BCUT2D eigenvalue weighted by molar-refractivity contribution is 7.90. The van der Waals surface area contributed by atoms with Gasteiger partial charge in [0, 0.05) is 18.5 Å². The molecule has 8 heteroatoms. The predicted molar refractivity (Wildman–Crippen MR) is 119 cm³/mol. The van der Waals surface area contributed by atoms with Crippen LogP contribution in [-0.4, -0.2) is 40.0 Å². The molecule has 0 amide bonds. The van der Waals surface area contributed by atoms with Crippen LogP contribution < -0.4 is 9.46 Å². The Labute approximate surface area is 183 Å². The molecule has 3 rings (SSSR count). The van der Waals surface area contributed by atoms with Crippen LogP contribution in [0.2, 0.25) is 0 Å². The number of benzene rings is 2. The van der Waals surface area contributed by atoms with Crippen LogP contribution in [-0.2, 0) is 19.6 Å². The maximum atomic E-state index is 12.0. The highest BCUT2D eigenvalue weighted by Gasteiger charge is 2.29. The Bertz CT molecular complexity index is 1040. The van der Waals surface area contributed by atoms with Gasteiger partial charge in [-0.2, -0.15) is 0 Å². The Morgan fingerprint density at radius 2 is 1.71 bits per heavy atom. The topological polar surface area (TPSA) is 94.1 Å². The number of sulfonamides is 1. The highest BCUT2D eigenvalue weighted by atomic mass is 32.2. The van der Waals surface area contributed by atoms with Gasteiger partial charge in [-0.3, -0.25) is 14.5 Å². The third-order valence-corrected chi connectivity index (χ3v) is 6.37. The summed E-state index contributed by atoms with van der Waals surface area (Å²) >= 11 is 0. The number of fused-ring (bicyclic) bond motifs is 1. The molecule has 0 fully saturated rings. The zero-order chi connectivity index (χ0) is 22.3. The lowest BCUT2D eigenvalue weighted by molar-refractivity contribution is -0.144. The smallest absolute Gasteiger partial charge is 0.305 e. The van der Waals surface area contributed by atoms with Crippen molar-refractivity contribution < 1.29 is 22.7 Å². The SMILES string of the molecule is Cc1cccc(C)c1OCCOC(=O)CCCCCN=C1NS(=O)(=O)c2ccccc21. The van der Waals surface area contributed by atoms with Gasteiger partial charge in [-0.25, -0.2) is 8.42 Å². The zero-order valence-electron chi connectivity index (χ0n) is 17.9. The lowest BCUT2D eigenvalue weighted by Crippen LogP contribution is -2.22. The van der Waals surface area contributed by atoms with E-state index in [1.165, 1.54) is 0 Å². The number of carbonyl (C=O) groups is 1. The number of rotatable bonds is 10. The number of aryl methyl sites for hydroxylation is 2. The number of aliphatic imine (C=N–C) groups is 1. The number of nitrogens with zero attached hydrogens (tertiary/aromatic N) is 1. The van der Waals surface area contributed by atoms with E-state index in [0.29, 0.717) is 37.4 Å². The number of unbranched alkanes of at least 4 members (excludes halogenated alkanes) is 2. The molecular formula is C23H28N2O5S. The van der Waals surface area contributed by atoms with Crippen LogP contribution in [0.3, 0.4) is 0 Å². The first-order valence-corrected chi connectivity index (χ1v) is 11.9. The highest BCUT2D eigenvalue weighted by Crippen LogP contribution is 2.23. The molecule has 31 heavy (non-hydrogen) atoms. The standard InChI is InChI=1S/C23H28N2O5S/c1-17-9-8-10-18(2)22(17)30-16-15-29-21(26)13-4-3-7-14-24-23-19-11-5-6-12-20(19)31(27,28)25-23/h5-6,8-12H,3-4,7,13-16H2,1-2H3,(H,24,25). The number of carbonyl (C=O) groups excluding carboxylic acids is 1. The van der Waals surface area contributed by atoms with Crippen LogP contribution in [0.4, 0.5) is 0 Å². The van der Waals surface area contributed by atoms with Crippen molar-refractivity contribution in [2.45, 2.75) is 44.4 Å². The van der Waals surface area contributed by atoms with E-state index in [1.54, 1.807) is 24.3 Å². The molecule has 0 atom stereocenters. The molecule has 7 nitrogen and oxygen atoms in total. The summed E-state index contributed by atoms with van der Waals surface area (Å²) in [4.78, 5) is 16.5. The van der Waals surface area contributed by atoms with Gasteiger partial charge in [-0.05, 0) is 49.9 Å². The average molecular weight is 445 g/mol. The number of esters is 1. The summed E-state index contributed by atoms with van der Waals surface area (Å²) in [5, 5.41) is 0. The molecule has 0 aliphatic carbocycles. The van der Waals surface area contributed by atoms with Gasteiger partial charge in [-0.1, -0.05) is 36.8 Å². The largest absolute Gasteiger partial charge is 0.489 e. The number of hydrogen-bond donors (Lipinski definition) is 1. The fourth-order valence-electron chi connectivity index (χ4n) is 3.40. The van der Waals surface area contributed by atoms with Crippen molar-refractivity contribution in [3.05, 3.63) is 59.2 Å². The average Bonchev–Trinajstić information content (AvgIpc) is 3.00. The van der Waals surface area contributed by atoms with Gasteiger partial charge in [-0.15, -0.1) is 0 Å². The van der Waals surface area contributed by atoms with Crippen molar-refractivity contribution in [3.8, 4) is 5.75 Å². The summed E-state index contributed by atoms with van der Waals surface area (Å²) in [6.45, 7) is 5.01. The number of hydrogen-bond acceptors (Lipinski definition) is 6. The molecule has 1 N–H and O–H groups in total. The van der Waals surface area contributed by atoms with Gasteiger partial charge in [0.15, 0.2) is 0 Å². The lowest BCUT2D eigenvalue weighted by Gasteiger charge is -2.12. The Kier molecular flexibility index (Phi) is 7.68. The number of para-hydroxylation sites is 1. The van der Waals surface area contributed by atoms with Crippen LogP contribution in [0.5, 0.6) is 5.75 Å². The Balaban J connectivity index is 1.30. The van der Waals surface area contributed by atoms with Crippen LogP contribution in [0.1, 0.15) is 42.4 Å². The second kappa shape index (κ2) is 10.4. The molecule has 0 saturated carbocycles. The van der Waals surface area contributed by atoms with Crippen LogP contribution >= 0.6 is 0 Å². The first-order valence-electron chi connectivity index (χ1n) is 10.4. The van der Waals surface area contributed by atoms with Crippen LogP contribution in [0.25, 0.3) is 0 Å². The van der Waals surface area contributed by atoms with Gasteiger partial charge >= 0.3 is 5.97 Å². The van der Waals surface area contributed by atoms with E-state index in [9.17, 15) is 13.2 Å². The molecule has 2 aromatic carbocycles. The van der Waals surface area contributed by atoms with Crippen molar-refractivity contribution in [1.82, 2.24) is 4.72 Å². The second-order valence-corrected chi connectivity index (χ2v) is 9.08. The Morgan fingerprint density at radius 1 is 0.968 bits per heavy atom. The second-order valence-electron chi connectivity index (χ2n) is 7.43. The molecule has 0 bridgehead atoms. The fraction of sp³-hybridized carbons (Fsp3) is 0.391. The van der Waals surface area contributed by atoms with Crippen molar-refractivity contribution in [2.75, 3.05) is 19.8 Å². The lowest BCUT2D eigenvalue weighted by atomic mass is 10.1. The molecular weight excluding hydrogens is 416 g/mol. The van der Waals surface area contributed by atoms with Crippen LogP contribution in [0, 0.1) is 13.8 Å². The van der Waals surface area contributed by atoms with E-state index in [-0.39, 0.29) is 17.5 Å². The Hall–Kier alpha value is -2.87. The predicted octanol–water partition coefficient (Wildman–Crippen LogP) is 3.52. The number of nitrogens with one attached hydrogen (secondary N) is 1. The number of amidine groups is 1. The van der Waals surface area contributed by atoms with E-state index >= 15 is 0 Å². The van der Waals surface area contributed by atoms with E-state index in [4.69, 9.17) is 9.47 Å². The van der Waals surface area contributed by atoms with Crippen molar-refractivity contribution >= 4 is 21.8 Å². The first kappa shape index (κ1) is 22.8. The molecule has 1 aliphatic rings. The minimum absolute atomic E-state index is 0.222. The summed E-state index contributed by atoms with van der Waals surface area (Å²) in [6, 6.07) is 12.7. The molecule has 166 valence electrons. The summed E-state index contributed by atoms with van der Waals surface area (Å²) in [7, 11) is -3.50. The minimum Gasteiger partial charge on any atom is -0.489 e. The molecule has 0 aromatic heterocycles. The van der Waals surface area contributed by atoms with Crippen molar-refractivity contribution in [1.29, 1.82) is 0 Å². The minimum atomic E-state index is -3.50. The number of ether oxygens (including phenoxy) is 2. The molecule has 0 saturated heterocycles. The van der Waals surface area contributed by atoms with E-state index in [2.05, 4.69) is 9.71 Å². The van der Waals surface area contributed by atoms with E-state index in [0.717, 1.165) is 29.7 Å². The van der Waals surface area contributed by atoms with Gasteiger partial charge in [0.25, 0.3) is 10.0 Å². The first-order chi connectivity index (χ1) is 14.9. The molecule has 0 spiro atoms. The van der Waals surface area contributed by atoms with E-state index < -0.39 is 10.0 Å². The fourth-order valence-corrected chi connectivity index (χ4v) is 4.65. The summed E-state index contributed by atoms with van der Waals surface area (Å²) in [6.07, 6.45) is 2.61. The van der Waals surface area contributed by atoms with E-state index in [1.807, 2.05) is 32.0 Å². The third-order valence-electron chi connectivity index (χ3n) is 4.97. The molecule has 1 heterocycles. The summed E-state index contributed by atoms with van der Waals surface area (Å²) < 4.78 is 37.5. The quantitative estimate of drug-likeness (QED) is 0.447. The van der Waals surface area contributed by atoms with Gasteiger partial charge in [0.2, 0.25) is 0 Å². The van der Waals surface area contributed by atoms with Crippen molar-refractivity contribution in [3.63, 3.8) is 0 Å². The normalized spacial score (nSPS) is 15.4. The van der Waals surface area contributed by atoms with Gasteiger partial charge in [0.05, 0.1) is 4.90 Å². The van der Waals surface area contributed by atoms with Gasteiger partial charge < -0.3 is 9.47 Å². The molecule has 1 aliphatic heterocycles. The van der Waals surface area contributed by atoms with Crippen molar-refractivity contribution in [2.24, 2.45) is 4.99 Å². The third kappa shape index (κ3) is 6.07. The monoisotopic (exact) mass is 444 g/mol. The summed E-state index contributed by atoms with van der Waals surface area (Å²) in [5.74, 6) is 0.986. The maximum Gasteiger partial charge on any atom is 0.305 e. The van der Waals surface area contributed by atoms with Crippen LogP contribution in [0.15, 0.2) is 52.4 Å².